The summed E-state index contributed by atoms with van der Waals surface area (Å²) in [5.74, 6) is 0. The third kappa shape index (κ3) is 4.30. The maximum Gasteiger partial charge on any atom is 0.0547 e. The van der Waals surface area contributed by atoms with Crippen LogP contribution in [-0.2, 0) is 0 Å². The molecule has 2 rings (SSSR count). The highest BCUT2D eigenvalue weighted by atomic mass is 127. The largest absolute Gasteiger partial charge is 0.307 e. The minimum absolute atomic E-state index is 0.368. The molecule has 0 radical (unpaired) electrons. The Hall–Kier alpha value is 0.130. The smallest absolute Gasteiger partial charge is 0.0547 e. The van der Waals surface area contributed by atoms with Gasteiger partial charge in [-0.3, -0.25) is 0 Å². The van der Waals surface area contributed by atoms with Crippen molar-refractivity contribution in [1.82, 2.24) is 5.32 Å². The van der Waals surface area contributed by atoms with Crippen LogP contribution in [-0.4, -0.2) is 6.54 Å². The van der Waals surface area contributed by atoms with Crippen LogP contribution in [0.1, 0.15) is 50.6 Å². The van der Waals surface area contributed by atoms with E-state index in [-0.39, 0.29) is 0 Å². The van der Waals surface area contributed by atoms with Crippen LogP contribution in [0.5, 0.6) is 0 Å². The summed E-state index contributed by atoms with van der Waals surface area (Å²) < 4.78 is 2.51. The molecule has 104 valence electrons. The number of likely N-dealkylation sites (N-methyl/N-ethyl adjacent to an activating group) is 1. The van der Waals surface area contributed by atoms with Crippen molar-refractivity contribution in [2.24, 2.45) is 0 Å². The standard InChI is InChI=1S/C16H21BrIN/c1-2-19-16(12-7-5-3-4-6-8-12)14-11-13(18)9-10-15(14)17/h7,9-11,16,19H,2-6,8H2,1H3. The maximum absolute atomic E-state index is 3.72. The Balaban J connectivity index is 2.32. The molecule has 1 aliphatic rings. The molecule has 0 amide bonds. The number of halogens is 2. The third-order valence-corrected chi connectivity index (χ3v) is 5.02. The monoisotopic (exact) mass is 433 g/mol. The number of hydrogen-bond donors (Lipinski definition) is 1. The van der Waals surface area contributed by atoms with Crippen molar-refractivity contribution in [1.29, 1.82) is 0 Å². The van der Waals surface area contributed by atoms with Crippen LogP contribution in [0.2, 0.25) is 0 Å². The third-order valence-electron chi connectivity index (χ3n) is 3.62. The van der Waals surface area contributed by atoms with Gasteiger partial charge in [-0.25, -0.2) is 0 Å². The van der Waals surface area contributed by atoms with E-state index in [9.17, 15) is 0 Å². The van der Waals surface area contributed by atoms with Crippen LogP contribution in [0.4, 0.5) is 0 Å². The molecule has 1 aliphatic carbocycles. The zero-order valence-corrected chi connectivity index (χ0v) is 15.1. The lowest BCUT2D eigenvalue weighted by atomic mass is 9.95. The lowest BCUT2D eigenvalue weighted by Gasteiger charge is -2.23. The summed E-state index contributed by atoms with van der Waals surface area (Å²) in [4.78, 5) is 0. The van der Waals surface area contributed by atoms with E-state index in [0.29, 0.717) is 6.04 Å². The maximum atomic E-state index is 3.72. The first kappa shape index (κ1) is 15.5. The number of allylic oxidation sites excluding steroid dienone is 1. The van der Waals surface area contributed by atoms with Gasteiger partial charge < -0.3 is 5.32 Å². The molecule has 0 spiro atoms. The Morgan fingerprint density at radius 3 is 2.95 bits per heavy atom. The summed E-state index contributed by atoms with van der Waals surface area (Å²) in [6.07, 6.45) is 8.97. The molecule has 19 heavy (non-hydrogen) atoms. The van der Waals surface area contributed by atoms with E-state index in [1.54, 1.807) is 5.57 Å². The molecule has 1 aromatic carbocycles. The first-order valence-corrected chi connectivity index (χ1v) is 8.96. The molecule has 0 heterocycles. The van der Waals surface area contributed by atoms with Gasteiger partial charge in [-0.1, -0.05) is 40.9 Å². The van der Waals surface area contributed by atoms with Crippen molar-refractivity contribution in [3.05, 3.63) is 43.5 Å². The van der Waals surface area contributed by atoms with Crippen molar-refractivity contribution < 1.29 is 0 Å². The molecule has 1 aromatic rings. The van der Waals surface area contributed by atoms with Crippen LogP contribution in [0.25, 0.3) is 0 Å². The van der Waals surface area contributed by atoms with E-state index in [0.717, 1.165) is 6.54 Å². The molecular weight excluding hydrogens is 413 g/mol. The SMILES string of the molecule is CCNC(C1=CCCCCC1)c1cc(I)ccc1Br. The first-order chi connectivity index (χ1) is 9.22. The number of rotatable bonds is 4. The lowest BCUT2D eigenvalue weighted by Crippen LogP contribution is -2.23. The summed E-state index contributed by atoms with van der Waals surface area (Å²) in [6, 6.07) is 6.98. The molecule has 0 saturated carbocycles. The summed E-state index contributed by atoms with van der Waals surface area (Å²) in [5.41, 5.74) is 2.95. The highest BCUT2D eigenvalue weighted by Gasteiger charge is 2.19. The van der Waals surface area contributed by atoms with Gasteiger partial charge in [0.2, 0.25) is 0 Å². The highest BCUT2D eigenvalue weighted by molar-refractivity contribution is 14.1. The molecule has 0 bridgehead atoms. The second kappa shape index (κ2) is 7.79. The number of nitrogens with one attached hydrogen (secondary N) is 1. The normalized spacial score (nSPS) is 17.7. The van der Waals surface area contributed by atoms with Gasteiger partial charge in [0.25, 0.3) is 0 Å². The van der Waals surface area contributed by atoms with E-state index in [1.165, 1.54) is 45.7 Å². The van der Waals surface area contributed by atoms with Crippen molar-refractivity contribution in [2.45, 2.75) is 45.1 Å². The summed E-state index contributed by atoms with van der Waals surface area (Å²) in [5, 5.41) is 3.66. The fraction of sp³-hybridized carbons (Fsp3) is 0.500. The van der Waals surface area contributed by atoms with E-state index >= 15 is 0 Å². The predicted molar refractivity (Wildman–Crippen MR) is 94.4 cm³/mol. The van der Waals surface area contributed by atoms with E-state index in [1.807, 2.05) is 0 Å². The lowest BCUT2D eigenvalue weighted by molar-refractivity contribution is 0.587. The topological polar surface area (TPSA) is 12.0 Å². The number of hydrogen-bond acceptors (Lipinski definition) is 1. The van der Waals surface area contributed by atoms with Crippen LogP contribution >= 0.6 is 38.5 Å². The van der Waals surface area contributed by atoms with E-state index < -0.39 is 0 Å². The van der Waals surface area contributed by atoms with Crippen molar-refractivity contribution >= 4 is 38.5 Å². The van der Waals surface area contributed by atoms with Gasteiger partial charge in [-0.15, -0.1) is 0 Å². The van der Waals surface area contributed by atoms with E-state index in [2.05, 4.69) is 75.0 Å². The van der Waals surface area contributed by atoms with Crippen LogP contribution in [0.15, 0.2) is 34.3 Å². The van der Waals surface area contributed by atoms with Gasteiger partial charge in [0.15, 0.2) is 0 Å². The van der Waals surface area contributed by atoms with Gasteiger partial charge in [-0.2, -0.15) is 0 Å². The van der Waals surface area contributed by atoms with Crippen molar-refractivity contribution in [2.75, 3.05) is 6.54 Å². The quantitative estimate of drug-likeness (QED) is 0.481. The van der Waals surface area contributed by atoms with Crippen LogP contribution in [0, 0.1) is 3.57 Å². The molecular formula is C16H21BrIN. The Morgan fingerprint density at radius 2 is 2.16 bits per heavy atom. The van der Waals surface area contributed by atoms with Crippen molar-refractivity contribution in [3.63, 3.8) is 0 Å². The Morgan fingerprint density at radius 1 is 1.32 bits per heavy atom. The molecule has 1 N–H and O–H groups in total. The second-order valence-corrected chi connectivity index (χ2v) is 7.13. The molecule has 1 atom stereocenters. The fourth-order valence-electron chi connectivity index (χ4n) is 2.68. The van der Waals surface area contributed by atoms with Gasteiger partial charge in [-0.05, 0) is 78.6 Å². The molecule has 1 unspecified atom stereocenters. The van der Waals surface area contributed by atoms with Crippen LogP contribution < -0.4 is 5.32 Å². The average molecular weight is 434 g/mol. The second-order valence-electron chi connectivity index (χ2n) is 5.03. The highest BCUT2D eigenvalue weighted by Crippen LogP contribution is 2.34. The van der Waals surface area contributed by atoms with Gasteiger partial charge in [0, 0.05) is 8.04 Å². The predicted octanol–water partition coefficient (Wildman–Crippen LogP) is 5.59. The molecule has 0 aliphatic heterocycles. The Labute approximate surface area is 138 Å². The molecule has 0 saturated heterocycles. The average Bonchev–Trinajstić information content (AvgIpc) is 2.68. The minimum atomic E-state index is 0.368. The zero-order chi connectivity index (χ0) is 13.7. The molecule has 0 aromatic heterocycles. The van der Waals surface area contributed by atoms with Gasteiger partial charge >= 0.3 is 0 Å². The fourth-order valence-corrected chi connectivity index (χ4v) is 3.67. The molecule has 0 fully saturated rings. The minimum Gasteiger partial charge on any atom is -0.307 e. The van der Waals surface area contributed by atoms with E-state index in [4.69, 9.17) is 0 Å². The van der Waals surface area contributed by atoms with Gasteiger partial charge in [0.1, 0.15) is 0 Å². The van der Waals surface area contributed by atoms with Gasteiger partial charge in [0.05, 0.1) is 6.04 Å². The molecule has 3 heteroatoms. The summed E-state index contributed by atoms with van der Waals surface area (Å²) in [6.45, 7) is 3.19. The Kier molecular flexibility index (Phi) is 6.36. The zero-order valence-electron chi connectivity index (χ0n) is 11.4. The van der Waals surface area contributed by atoms with Crippen molar-refractivity contribution in [3.8, 4) is 0 Å². The number of benzene rings is 1. The first-order valence-electron chi connectivity index (χ1n) is 7.09. The Bertz CT molecular complexity index is 456. The van der Waals surface area contributed by atoms with Crippen LogP contribution in [0.3, 0.4) is 0 Å². The molecule has 1 nitrogen and oxygen atoms in total. The summed E-state index contributed by atoms with van der Waals surface area (Å²) in [7, 11) is 0. The summed E-state index contributed by atoms with van der Waals surface area (Å²) >= 11 is 6.11.